The fourth-order valence-electron chi connectivity index (χ4n) is 3.74. The van der Waals surface area contributed by atoms with Crippen LogP contribution in [-0.4, -0.2) is 45.5 Å². The van der Waals surface area contributed by atoms with Gasteiger partial charge in [0.1, 0.15) is 5.65 Å². The summed E-state index contributed by atoms with van der Waals surface area (Å²) in [5.74, 6) is 0.0761. The Balaban J connectivity index is 1.34. The molecule has 1 N–H and O–H groups in total. The molecule has 0 saturated carbocycles. The van der Waals surface area contributed by atoms with Crippen molar-refractivity contribution in [2.45, 2.75) is 39.1 Å². The van der Waals surface area contributed by atoms with Crippen molar-refractivity contribution in [2.75, 3.05) is 13.1 Å². The summed E-state index contributed by atoms with van der Waals surface area (Å²) in [5.41, 5.74) is 3.95. The maximum atomic E-state index is 12.7. The molecule has 2 aromatic heterocycles. The number of carbonyl (C=O) groups excluding carboxylic acids is 1. The van der Waals surface area contributed by atoms with Crippen LogP contribution in [0.1, 0.15) is 35.5 Å². The third-order valence-electron chi connectivity index (χ3n) is 5.04. The third kappa shape index (κ3) is 4.08. The number of hydrogen-bond donors (Lipinski definition) is 1. The van der Waals surface area contributed by atoms with Crippen molar-refractivity contribution < 1.29 is 9.53 Å². The van der Waals surface area contributed by atoms with Crippen molar-refractivity contribution >= 4 is 11.6 Å². The van der Waals surface area contributed by atoms with Gasteiger partial charge in [-0.15, -0.1) is 0 Å². The number of nitrogens with one attached hydrogen (secondary N) is 1. The van der Waals surface area contributed by atoms with E-state index in [1.54, 1.807) is 0 Å². The van der Waals surface area contributed by atoms with Crippen molar-refractivity contribution in [3.8, 4) is 0 Å². The molecule has 6 heteroatoms. The fraction of sp³-hybridized carbons (Fsp3) is 0.364. The molecule has 0 bridgehead atoms. The van der Waals surface area contributed by atoms with Gasteiger partial charge in [-0.05, 0) is 43.7 Å². The van der Waals surface area contributed by atoms with Crippen molar-refractivity contribution in [2.24, 2.45) is 0 Å². The summed E-state index contributed by atoms with van der Waals surface area (Å²) in [6.07, 6.45) is 4.08. The Morgan fingerprint density at radius 3 is 2.61 bits per heavy atom. The first-order valence-corrected chi connectivity index (χ1v) is 9.75. The van der Waals surface area contributed by atoms with Gasteiger partial charge in [0, 0.05) is 37.9 Å². The highest BCUT2D eigenvalue weighted by atomic mass is 16.5. The molecule has 1 saturated heterocycles. The largest absolute Gasteiger partial charge is 0.372 e. The number of morpholine rings is 1. The highest BCUT2D eigenvalue weighted by molar-refractivity contribution is 5.94. The van der Waals surface area contributed by atoms with E-state index in [9.17, 15) is 4.79 Å². The number of pyridine rings is 1. The Kier molecular flexibility index (Phi) is 5.41. The zero-order chi connectivity index (χ0) is 19.5. The molecule has 2 unspecified atom stereocenters. The van der Waals surface area contributed by atoms with E-state index in [4.69, 9.17) is 4.74 Å². The van der Waals surface area contributed by atoms with E-state index in [1.807, 2.05) is 73.6 Å². The molecule has 1 aliphatic heterocycles. The predicted octanol–water partition coefficient (Wildman–Crippen LogP) is 2.87. The van der Waals surface area contributed by atoms with Gasteiger partial charge in [-0.25, -0.2) is 4.98 Å². The van der Waals surface area contributed by atoms with Gasteiger partial charge in [-0.2, -0.15) is 0 Å². The molecule has 6 nitrogen and oxygen atoms in total. The summed E-state index contributed by atoms with van der Waals surface area (Å²) in [6, 6.07) is 13.8. The summed E-state index contributed by atoms with van der Waals surface area (Å²) >= 11 is 0. The second kappa shape index (κ2) is 8.12. The average Bonchev–Trinajstić information content (AvgIpc) is 3.10. The van der Waals surface area contributed by atoms with Gasteiger partial charge in [0.25, 0.3) is 5.91 Å². The molecule has 4 rings (SSSR count). The molecule has 28 heavy (non-hydrogen) atoms. The maximum absolute atomic E-state index is 12.7. The summed E-state index contributed by atoms with van der Waals surface area (Å²) in [5, 5.41) is 3.45. The topological polar surface area (TPSA) is 58.9 Å². The lowest BCUT2D eigenvalue weighted by molar-refractivity contribution is -0.0586. The molecule has 3 aromatic rings. The van der Waals surface area contributed by atoms with Gasteiger partial charge >= 0.3 is 0 Å². The molecule has 146 valence electrons. The van der Waals surface area contributed by atoms with Gasteiger partial charge < -0.3 is 19.4 Å². The third-order valence-corrected chi connectivity index (χ3v) is 5.04. The van der Waals surface area contributed by atoms with Crippen LogP contribution in [0.15, 0.2) is 54.9 Å². The number of aromatic nitrogens is 2. The van der Waals surface area contributed by atoms with Crippen LogP contribution in [0, 0.1) is 0 Å². The van der Waals surface area contributed by atoms with E-state index in [1.165, 1.54) is 0 Å². The molecule has 2 atom stereocenters. The molecule has 0 aliphatic carbocycles. The van der Waals surface area contributed by atoms with Crippen molar-refractivity contribution in [1.29, 1.82) is 0 Å². The lowest BCUT2D eigenvalue weighted by atomic mass is 10.1. The lowest BCUT2D eigenvalue weighted by Gasteiger charge is -2.35. The number of imidazole rings is 1. The molecule has 3 heterocycles. The highest BCUT2D eigenvalue weighted by Crippen LogP contribution is 2.15. The number of carbonyl (C=O) groups is 1. The summed E-state index contributed by atoms with van der Waals surface area (Å²) in [6.45, 7) is 6.77. The minimum absolute atomic E-state index is 0.0761. The van der Waals surface area contributed by atoms with Crippen molar-refractivity contribution in [1.82, 2.24) is 19.6 Å². The first-order valence-electron chi connectivity index (χ1n) is 9.75. The van der Waals surface area contributed by atoms with Crippen molar-refractivity contribution in [3.63, 3.8) is 0 Å². The van der Waals surface area contributed by atoms with Gasteiger partial charge in [0.2, 0.25) is 0 Å². The maximum Gasteiger partial charge on any atom is 0.254 e. The van der Waals surface area contributed by atoms with Crippen LogP contribution in [0.4, 0.5) is 0 Å². The Labute approximate surface area is 165 Å². The number of benzene rings is 1. The molecule has 1 aromatic carbocycles. The number of amides is 1. The van der Waals surface area contributed by atoms with E-state index >= 15 is 0 Å². The van der Waals surface area contributed by atoms with E-state index in [0.717, 1.165) is 35.6 Å². The highest BCUT2D eigenvalue weighted by Gasteiger charge is 2.26. The van der Waals surface area contributed by atoms with E-state index in [-0.39, 0.29) is 18.1 Å². The first-order chi connectivity index (χ1) is 13.6. The second-order valence-electron chi connectivity index (χ2n) is 7.45. The van der Waals surface area contributed by atoms with Crippen LogP contribution >= 0.6 is 0 Å². The van der Waals surface area contributed by atoms with Gasteiger partial charge in [-0.3, -0.25) is 4.79 Å². The number of fused-ring (bicyclic) bond motifs is 1. The molecule has 1 amide bonds. The Bertz CT molecular complexity index is 941. The van der Waals surface area contributed by atoms with Crippen LogP contribution in [0.25, 0.3) is 5.65 Å². The zero-order valence-electron chi connectivity index (χ0n) is 16.3. The summed E-state index contributed by atoms with van der Waals surface area (Å²) in [4.78, 5) is 19.0. The number of hydrogen-bond acceptors (Lipinski definition) is 4. The van der Waals surface area contributed by atoms with Gasteiger partial charge in [0.15, 0.2) is 0 Å². The van der Waals surface area contributed by atoms with Crippen LogP contribution in [-0.2, 0) is 17.8 Å². The molecule has 0 radical (unpaired) electrons. The van der Waals surface area contributed by atoms with Gasteiger partial charge in [-0.1, -0.05) is 18.2 Å². The SMILES string of the molecule is CC1CN(C(=O)c2ccc(CNCc3cnc4ccccn34)cc2)CC(C)O1. The molecule has 1 fully saturated rings. The fourth-order valence-corrected chi connectivity index (χ4v) is 3.74. The van der Waals surface area contributed by atoms with Gasteiger partial charge in [0.05, 0.1) is 24.1 Å². The standard InChI is InChI=1S/C22H26N4O2/c1-16-14-25(15-17(2)28-16)22(27)19-8-6-18(7-9-19)11-23-12-20-13-24-21-5-3-4-10-26(20)21/h3-10,13,16-17,23H,11-12,14-15H2,1-2H3. The van der Waals surface area contributed by atoms with Crippen LogP contribution < -0.4 is 5.32 Å². The van der Waals surface area contributed by atoms with E-state index < -0.39 is 0 Å². The van der Waals surface area contributed by atoms with Crippen LogP contribution in [0.2, 0.25) is 0 Å². The molecular weight excluding hydrogens is 352 g/mol. The number of nitrogens with zero attached hydrogens (tertiary/aromatic N) is 3. The number of ether oxygens (including phenoxy) is 1. The smallest absolute Gasteiger partial charge is 0.254 e. The zero-order valence-corrected chi connectivity index (χ0v) is 16.3. The quantitative estimate of drug-likeness (QED) is 0.742. The Morgan fingerprint density at radius 2 is 1.86 bits per heavy atom. The molecule has 1 aliphatic rings. The number of rotatable bonds is 5. The summed E-state index contributed by atoms with van der Waals surface area (Å²) in [7, 11) is 0. The van der Waals surface area contributed by atoms with Crippen molar-refractivity contribution in [3.05, 3.63) is 71.7 Å². The second-order valence-corrected chi connectivity index (χ2v) is 7.45. The molecule has 0 spiro atoms. The minimum atomic E-state index is 0.0761. The normalized spacial score (nSPS) is 19.9. The lowest BCUT2D eigenvalue weighted by Crippen LogP contribution is -2.48. The van der Waals surface area contributed by atoms with Crippen LogP contribution in [0.3, 0.4) is 0 Å². The monoisotopic (exact) mass is 378 g/mol. The predicted molar refractivity (Wildman–Crippen MR) is 108 cm³/mol. The Morgan fingerprint density at radius 1 is 1.11 bits per heavy atom. The average molecular weight is 378 g/mol. The minimum Gasteiger partial charge on any atom is -0.372 e. The summed E-state index contributed by atoms with van der Waals surface area (Å²) < 4.78 is 7.80. The van der Waals surface area contributed by atoms with Crippen LogP contribution in [0.5, 0.6) is 0 Å². The van der Waals surface area contributed by atoms with E-state index in [2.05, 4.69) is 14.7 Å². The molecular formula is C22H26N4O2. The Hall–Kier alpha value is -2.70. The van der Waals surface area contributed by atoms with E-state index in [0.29, 0.717) is 13.1 Å². The first kappa shape index (κ1) is 18.7.